The molecular weight excluding hydrogens is 329 g/mol. The van der Waals surface area contributed by atoms with Crippen molar-refractivity contribution in [1.82, 2.24) is 20.6 Å². The van der Waals surface area contributed by atoms with Gasteiger partial charge in [0, 0.05) is 16.5 Å². The second-order valence-corrected chi connectivity index (χ2v) is 5.34. The van der Waals surface area contributed by atoms with Gasteiger partial charge in [-0.05, 0) is 31.0 Å². The predicted molar refractivity (Wildman–Crippen MR) is 83.9 cm³/mol. The summed E-state index contributed by atoms with van der Waals surface area (Å²) < 4.78 is 0. The summed E-state index contributed by atoms with van der Waals surface area (Å²) in [4.78, 5) is 25.5. The fraction of sp³-hybridized carbons (Fsp3) is 0.231. The van der Waals surface area contributed by atoms with Crippen molar-refractivity contribution >= 4 is 35.1 Å². The number of amides is 1. The van der Waals surface area contributed by atoms with Crippen LogP contribution in [0, 0.1) is 6.92 Å². The SMILES string of the molecule is Cc1nnc(NNC(=O)CCc2ccc(Cl)cc2Cl)[nH]c1=O. The number of aromatic amines is 1. The van der Waals surface area contributed by atoms with E-state index in [1.807, 2.05) is 0 Å². The van der Waals surface area contributed by atoms with Gasteiger partial charge in [0.2, 0.25) is 11.9 Å². The lowest BCUT2D eigenvalue weighted by atomic mass is 10.1. The van der Waals surface area contributed by atoms with Gasteiger partial charge in [-0.1, -0.05) is 29.3 Å². The molecule has 0 radical (unpaired) electrons. The van der Waals surface area contributed by atoms with Crippen LogP contribution in [0.2, 0.25) is 10.0 Å². The van der Waals surface area contributed by atoms with Gasteiger partial charge in [0.05, 0.1) is 0 Å². The minimum Gasteiger partial charge on any atom is -0.288 e. The zero-order valence-electron chi connectivity index (χ0n) is 11.6. The first-order chi connectivity index (χ1) is 10.5. The summed E-state index contributed by atoms with van der Waals surface area (Å²) in [5, 5.41) is 8.38. The van der Waals surface area contributed by atoms with E-state index in [1.165, 1.54) is 6.92 Å². The summed E-state index contributed by atoms with van der Waals surface area (Å²) in [5.41, 5.74) is 5.60. The normalized spacial score (nSPS) is 10.3. The molecule has 0 bridgehead atoms. The number of anilines is 1. The smallest absolute Gasteiger partial charge is 0.274 e. The molecule has 0 saturated heterocycles. The highest BCUT2D eigenvalue weighted by atomic mass is 35.5. The Morgan fingerprint density at radius 1 is 1.32 bits per heavy atom. The van der Waals surface area contributed by atoms with E-state index < -0.39 is 0 Å². The molecule has 0 aliphatic rings. The van der Waals surface area contributed by atoms with Crippen molar-refractivity contribution in [2.45, 2.75) is 19.8 Å². The summed E-state index contributed by atoms with van der Waals surface area (Å²) in [6.45, 7) is 1.53. The molecule has 2 aromatic rings. The van der Waals surface area contributed by atoms with Gasteiger partial charge in [-0.3, -0.25) is 25.4 Å². The van der Waals surface area contributed by atoms with E-state index in [1.54, 1.807) is 18.2 Å². The first-order valence-corrected chi connectivity index (χ1v) is 7.13. The van der Waals surface area contributed by atoms with Crippen LogP contribution in [0.15, 0.2) is 23.0 Å². The molecule has 0 fully saturated rings. The summed E-state index contributed by atoms with van der Waals surface area (Å²) in [7, 11) is 0. The maximum Gasteiger partial charge on any atom is 0.274 e. The minimum atomic E-state index is -0.375. The molecule has 0 atom stereocenters. The van der Waals surface area contributed by atoms with E-state index in [-0.39, 0.29) is 29.5 Å². The van der Waals surface area contributed by atoms with Crippen molar-refractivity contribution in [3.05, 3.63) is 49.9 Å². The van der Waals surface area contributed by atoms with Crippen molar-refractivity contribution < 1.29 is 4.79 Å². The number of aryl methyl sites for hydroxylation is 2. The molecule has 116 valence electrons. The summed E-state index contributed by atoms with van der Waals surface area (Å²) in [6.07, 6.45) is 0.664. The van der Waals surface area contributed by atoms with Crippen LogP contribution in [-0.4, -0.2) is 21.1 Å². The Morgan fingerprint density at radius 3 is 2.77 bits per heavy atom. The Hall–Kier alpha value is -2.12. The van der Waals surface area contributed by atoms with Gasteiger partial charge in [-0.25, -0.2) is 0 Å². The van der Waals surface area contributed by atoms with Crippen LogP contribution in [0.4, 0.5) is 5.95 Å². The number of hydrogen-bond acceptors (Lipinski definition) is 5. The van der Waals surface area contributed by atoms with E-state index in [4.69, 9.17) is 23.2 Å². The number of benzene rings is 1. The van der Waals surface area contributed by atoms with Gasteiger partial charge in [0.25, 0.3) is 5.56 Å². The molecule has 9 heteroatoms. The second-order valence-electron chi connectivity index (χ2n) is 4.50. The lowest BCUT2D eigenvalue weighted by molar-refractivity contribution is -0.120. The fourth-order valence-corrected chi connectivity index (χ4v) is 2.12. The second kappa shape index (κ2) is 7.24. The maximum atomic E-state index is 11.7. The number of H-pyrrole nitrogens is 1. The molecule has 0 spiro atoms. The number of hydrazine groups is 1. The van der Waals surface area contributed by atoms with E-state index in [2.05, 4.69) is 26.0 Å². The number of nitrogens with one attached hydrogen (secondary N) is 3. The highest BCUT2D eigenvalue weighted by Gasteiger charge is 2.06. The fourth-order valence-electron chi connectivity index (χ4n) is 1.61. The molecule has 1 aromatic heterocycles. The third-order valence-corrected chi connectivity index (χ3v) is 3.40. The van der Waals surface area contributed by atoms with Gasteiger partial charge in [0.15, 0.2) is 0 Å². The molecule has 0 saturated carbocycles. The largest absolute Gasteiger partial charge is 0.288 e. The molecular formula is C13H13Cl2N5O2. The van der Waals surface area contributed by atoms with E-state index in [0.717, 1.165) is 5.56 Å². The molecule has 22 heavy (non-hydrogen) atoms. The Morgan fingerprint density at radius 2 is 2.09 bits per heavy atom. The van der Waals surface area contributed by atoms with E-state index in [9.17, 15) is 9.59 Å². The van der Waals surface area contributed by atoms with Crippen molar-refractivity contribution in [3.63, 3.8) is 0 Å². The van der Waals surface area contributed by atoms with Crippen molar-refractivity contribution in [3.8, 4) is 0 Å². The monoisotopic (exact) mass is 341 g/mol. The zero-order chi connectivity index (χ0) is 16.1. The van der Waals surface area contributed by atoms with Crippen LogP contribution in [0.3, 0.4) is 0 Å². The van der Waals surface area contributed by atoms with Crippen LogP contribution >= 0.6 is 23.2 Å². The Labute approximate surface area is 136 Å². The van der Waals surface area contributed by atoms with Gasteiger partial charge in [-0.2, -0.15) is 0 Å². The first-order valence-electron chi connectivity index (χ1n) is 6.38. The number of hydrogen-bond donors (Lipinski definition) is 3. The lowest BCUT2D eigenvalue weighted by Gasteiger charge is -2.08. The van der Waals surface area contributed by atoms with E-state index >= 15 is 0 Å². The van der Waals surface area contributed by atoms with Crippen LogP contribution in [0.25, 0.3) is 0 Å². The summed E-state index contributed by atoms with van der Waals surface area (Å²) >= 11 is 11.8. The molecule has 2 rings (SSSR count). The average molecular weight is 342 g/mol. The Kier molecular flexibility index (Phi) is 5.35. The zero-order valence-corrected chi connectivity index (χ0v) is 13.1. The molecule has 7 nitrogen and oxygen atoms in total. The molecule has 1 amide bonds. The van der Waals surface area contributed by atoms with Crippen LogP contribution < -0.4 is 16.4 Å². The van der Waals surface area contributed by atoms with Crippen molar-refractivity contribution in [2.75, 3.05) is 5.43 Å². The number of carbonyl (C=O) groups is 1. The maximum absolute atomic E-state index is 11.7. The van der Waals surface area contributed by atoms with Gasteiger partial charge in [-0.15, -0.1) is 10.2 Å². The van der Waals surface area contributed by atoms with Crippen LogP contribution in [0.5, 0.6) is 0 Å². The predicted octanol–water partition coefficient (Wildman–Crippen LogP) is 1.86. The van der Waals surface area contributed by atoms with Gasteiger partial charge >= 0.3 is 0 Å². The Balaban J connectivity index is 1.85. The standard InChI is InChI=1S/C13H13Cl2N5O2/c1-7-12(22)16-13(19-17-7)20-18-11(21)5-3-8-2-4-9(14)6-10(8)15/h2,4,6H,3,5H2,1H3,(H,18,21)(H2,16,19,20,22). The molecule has 0 aliphatic heterocycles. The van der Waals surface area contributed by atoms with Crippen molar-refractivity contribution in [1.29, 1.82) is 0 Å². The minimum absolute atomic E-state index is 0.0634. The molecule has 1 aromatic carbocycles. The third kappa shape index (κ3) is 4.44. The first kappa shape index (κ1) is 16.3. The number of rotatable bonds is 5. The molecule has 0 aliphatic carbocycles. The van der Waals surface area contributed by atoms with Gasteiger partial charge in [0.1, 0.15) is 5.69 Å². The van der Waals surface area contributed by atoms with Crippen molar-refractivity contribution in [2.24, 2.45) is 0 Å². The number of halogens is 2. The number of aromatic nitrogens is 3. The Bertz CT molecular complexity index is 747. The average Bonchev–Trinajstić information content (AvgIpc) is 2.47. The van der Waals surface area contributed by atoms with E-state index in [0.29, 0.717) is 16.5 Å². The van der Waals surface area contributed by atoms with Gasteiger partial charge < -0.3 is 0 Å². The number of nitrogens with zero attached hydrogens (tertiary/aromatic N) is 2. The van der Waals surface area contributed by atoms with Crippen LogP contribution in [0.1, 0.15) is 17.7 Å². The molecule has 0 unspecified atom stereocenters. The van der Waals surface area contributed by atoms with Crippen LogP contribution in [-0.2, 0) is 11.2 Å². The number of carbonyl (C=O) groups excluding carboxylic acids is 1. The molecule has 1 heterocycles. The highest BCUT2D eigenvalue weighted by Crippen LogP contribution is 2.21. The summed E-state index contributed by atoms with van der Waals surface area (Å²) in [6, 6.07) is 5.11. The highest BCUT2D eigenvalue weighted by molar-refractivity contribution is 6.35. The lowest BCUT2D eigenvalue weighted by Crippen LogP contribution is -2.32. The third-order valence-electron chi connectivity index (χ3n) is 2.82. The quantitative estimate of drug-likeness (QED) is 0.720. The summed E-state index contributed by atoms with van der Waals surface area (Å²) in [5.74, 6) is -0.220. The topological polar surface area (TPSA) is 99.8 Å². The molecule has 3 N–H and O–H groups in total.